The van der Waals surface area contributed by atoms with Gasteiger partial charge in [-0.15, -0.1) is 10.2 Å². The summed E-state index contributed by atoms with van der Waals surface area (Å²) in [5, 5.41) is 8.72. The summed E-state index contributed by atoms with van der Waals surface area (Å²) in [5.74, 6) is 4.05. The van der Waals surface area contributed by atoms with Gasteiger partial charge in [-0.3, -0.25) is 4.79 Å². The Labute approximate surface area is 145 Å². The maximum absolute atomic E-state index is 12.8. The highest BCUT2D eigenvalue weighted by Gasteiger charge is 2.30. The number of amides is 1. The van der Waals surface area contributed by atoms with Gasteiger partial charge in [0.15, 0.2) is 11.5 Å². The third-order valence-corrected chi connectivity index (χ3v) is 5.40. The Morgan fingerprint density at radius 1 is 1.08 bits per heavy atom. The van der Waals surface area contributed by atoms with Crippen LogP contribution in [-0.4, -0.2) is 45.5 Å². The molecule has 0 aliphatic carbocycles. The standard InChI is InChI=1S/C18H20N4O3/c23-18(13-3-4-14-15(10-13)25-11-24-14)21-8-5-12(6-9-21)17-20-19-16-2-1-7-22(16)17/h3-4,10,12H,1-2,5-9,11H2. The summed E-state index contributed by atoms with van der Waals surface area (Å²) in [7, 11) is 0. The number of fused-ring (bicyclic) bond motifs is 2. The number of piperidine rings is 1. The van der Waals surface area contributed by atoms with E-state index < -0.39 is 0 Å². The molecule has 1 amide bonds. The molecule has 5 rings (SSSR count). The molecule has 1 saturated heterocycles. The lowest BCUT2D eigenvalue weighted by molar-refractivity contribution is 0.0710. The molecular formula is C18H20N4O3. The first-order valence-corrected chi connectivity index (χ1v) is 8.90. The van der Waals surface area contributed by atoms with Gasteiger partial charge in [0.2, 0.25) is 6.79 Å². The first-order chi connectivity index (χ1) is 12.3. The van der Waals surface area contributed by atoms with Crippen molar-refractivity contribution >= 4 is 5.91 Å². The Hall–Kier alpha value is -2.57. The smallest absolute Gasteiger partial charge is 0.253 e. The molecule has 0 unspecified atom stereocenters. The highest BCUT2D eigenvalue weighted by Crippen LogP contribution is 2.34. The number of ether oxygens (including phenoxy) is 2. The van der Waals surface area contributed by atoms with E-state index in [1.165, 1.54) is 6.42 Å². The molecule has 0 saturated carbocycles. The molecular weight excluding hydrogens is 320 g/mol. The van der Waals surface area contributed by atoms with Gasteiger partial charge in [0.1, 0.15) is 11.6 Å². The van der Waals surface area contributed by atoms with E-state index in [1.54, 1.807) is 6.07 Å². The maximum Gasteiger partial charge on any atom is 0.253 e. The van der Waals surface area contributed by atoms with Crippen molar-refractivity contribution in [3.8, 4) is 11.5 Å². The van der Waals surface area contributed by atoms with Crippen LogP contribution in [0.1, 0.15) is 47.2 Å². The molecule has 1 fully saturated rings. The lowest BCUT2D eigenvalue weighted by Gasteiger charge is -2.31. The molecule has 0 atom stereocenters. The van der Waals surface area contributed by atoms with Crippen LogP contribution in [0.25, 0.3) is 0 Å². The quantitative estimate of drug-likeness (QED) is 0.836. The highest BCUT2D eigenvalue weighted by molar-refractivity contribution is 5.95. The van der Waals surface area contributed by atoms with Crippen LogP contribution in [0, 0.1) is 0 Å². The van der Waals surface area contributed by atoms with Gasteiger partial charge < -0.3 is 18.9 Å². The Kier molecular flexibility index (Phi) is 3.39. The van der Waals surface area contributed by atoms with E-state index >= 15 is 0 Å². The summed E-state index contributed by atoms with van der Waals surface area (Å²) in [5.41, 5.74) is 0.658. The largest absolute Gasteiger partial charge is 0.454 e. The van der Waals surface area contributed by atoms with Crippen LogP contribution in [0.4, 0.5) is 0 Å². The Morgan fingerprint density at radius 3 is 2.80 bits per heavy atom. The van der Waals surface area contributed by atoms with E-state index in [2.05, 4.69) is 14.8 Å². The van der Waals surface area contributed by atoms with Gasteiger partial charge in [0.25, 0.3) is 5.91 Å². The van der Waals surface area contributed by atoms with Crippen molar-refractivity contribution in [3.05, 3.63) is 35.4 Å². The second-order valence-corrected chi connectivity index (χ2v) is 6.86. The van der Waals surface area contributed by atoms with Gasteiger partial charge in [-0.2, -0.15) is 0 Å². The van der Waals surface area contributed by atoms with Crippen molar-refractivity contribution in [2.75, 3.05) is 19.9 Å². The van der Waals surface area contributed by atoms with Crippen molar-refractivity contribution in [2.24, 2.45) is 0 Å². The van der Waals surface area contributed by atoms with Crippen LogP contribution in [0.5, 0.6) is 11.5 Å². The Balaban J connectivity index is 1.27. The predicted molar refractivity (Wildman–Crippen MR) is 88.8 cm³/mol. The summed E-state index contributed by atoms with van der Waals surface area (Å²) < 4.78 is 13.0. The molecule has 7 heteroatoms. The molecule has 2 aromatic rings. The predicted octanol–water partition coefficient (Wildman–Crippen LogP) is 1.97. The van der Waals surface area contributed by atoms with E-state index in [0.717, 1.165) is 50.5 Å². The number of carbonyl (C=O) groups is 1. The number of hydrogen-bond acceptors (Lipinski definition) is 5. The fourth-order valence-electron chi connectivity index (χ4n) is 4.03. The number of aryl methyl sites for hydroxylation is 1. The van der Waals surface area contributed by atoms with Crippen LogP contribution < -0.4 is 9.47 Å². The fourth-order valence-corrected chi connectivity index (χ4v) is 4.03. The molecule has 7 nitrogen and oxygen atoms in total. The average molecular weight is 340 g/mol. The van der Waals surface area contributed by atoms with E-state index in [1.807, 2.05) is 17.0 Å². The average Bonchev–Trinajstić information content (AvgIpc) is 3.37. The number of carbonyl (C=O) groups excluding carboxylic acids is 1. The SMILES string of the molecule is O=C(c1ccc2c(c1)OCO2)N1CCC(c2nnc3n2CCC3)CC1. The van der Waals surface area contributed by atoms with Crippen LogP contribution in [0.15, 0.2) is 18.2 Å². The molecule has 0 spiro atoms. The first kappa shape index (κ1) is 14.7. The van der Waals surface area contributed by atoms with Crippen LogP contribution in [0.2, 0.25) is 0 Å². The third-order valence-electron chi connectivity index (χ3n) is 5.40. The molecule has 1 aromatic carbocycles. The number of nitrogens with zero attached hydrogens (tertiary/aromatic N) is 4. The van der Waals surface area contributed by atoms with E-state index in [4.69, 9.17) is 9.47 Å². The van der Waals surface area contributed by atoms with Crippen molar-refractivity contribution in [1.29, 1.82) is 0 Å². The first-order valence-electron chi connectivity index (χ1n) is 8.90. The summed E-state index contributed by atoms with van der Waals surface area (Å²) in [6, 6.07) is 5.40. The van der Waals surface area contributed by atoms with E-state index in [9.17, 15) is 4.79 Å². The van der Waals surface area contributed by atoms with Gasteiger partial charge in [0.05, 0.1) is 0 Å². The zero-order valence-corrected chi connectivity index (χ0v) is 14.0. The van der Waals surface area contributed by atoms with E-state index in [0.29, 0.717) is 23.0 Å². The molecule has 0 radical (unpaired) electrons. The molecule has 4 heterocycles. The Morgan fingerprint density at radius 2 is 1.92 bits per heavy atom. The Bertz CT molecular complexity index is 824. The molecule has 3 aliphatic rings. The second kappa shape index (κ2) is 5.75. The number of likely N-dealkylation sites (tertiary alicyclic amines) is 1. The molecule has 130 valence electrons. The van der Waals surface area contributed by atoms with Crippen LogP contribution in [-0.2, 0) is 13.0 Å². The highest BCUT2D eigenvalue weighted by atomic mass is 16.7. The molecule has 25 heavy (non-hydrogen) atoms. The lowest BCUT2D eigenvalue weighted by Crippen LogP contribution is -2.38. The fraction of sp³-hybridized carbons (Fsp3) is 0.500. The zero-order chi connectivity index (χ0) is 16.8. The summed E-state index contributed by atoms with van der Waals surface area (Å²) in [6.45, 7) is 2.76. The van der Waals surface area contributed by atoms with Crippen molar-refractivity contribution in [2.45, 2.75) is 38.1 Å². The minimum atomic E-state index is 0.0585. The van der Waals surface area contributed by atoms with E-state index in [-0.39, 0.29) is 12.7 Å². The monoisotopic (exact) mass is 340 g/mol. The van der Waals surface area contributed by atoms with Gasteiger partial charge in [0, 0.05) is 37.5 Å². The van der Waals surface area contributed by atoms with Gasteiger partial charge in [-0.1, -0.05) is 0 Å². The summed E-state index contributed by atoms with van der Waals surface area (Å²) >= 11 is 0. The third kappa shape index (κ3) is 2.45. The minimum Gasteiger partial charge on any atom is -0.454 e. The van der Waals surface area contributed by atoms with Crippen molar-refractivity contribution < 1.29 is 14.3 Å². The van der Waals surface area contributed by atoms with Gasteiger partial charge in [-0.25, -0.2) is 0 Å². The van der Waals surface area contributed by atoms with Gasteiger partial charge >= 0.3 is 0 Å². The minimum absolute atomic E-state index is 0.0585. The maximum atomic E-state index is 12.8. The van der Waals surface area contributed by atoms with Crippen LogP contribution in [0.3, 0.4) is 0 Å². The summed E-state index contributed by atoms with van der Waals surface area (Å²) in [4.78, 5) is 14.7. The van der Waals surface area contributed by atoms with Gasteiger partial charge in [-0.05, 0) is 37.5 Å². The topological polar surface area (TPSA) is 69.5 Å². The number of benzene rings is 1. The zero-order valence-electron chi connectivity index (χ0n) is 14.0. The number of hydrogen-bond donors (Lipinski definition) is 0. The molecule has 0 bridgehead atoms. The van der Waals surface area contributed by atoms with Crippen LogP contribution >= 0.6 is 0 Å². The van der Waals surface area contributed by atoms with Crippen molar-refractivity contribution in [3.63, 3.8) is 0 Å². The molecule has 3 aliphatic heterocycles. The second-order valence-electron chi connectivity index (χ2n) is 6.86. The number of rotatable bonds is 2. The summed E-state index contributed by atoms with van der Waals surface area (Å²) in [6.07, 6.45) is 4.08. The normalized spacial score (nSPS) is 19.3. The molecule has 0 N–H and O–H groups in total. The number of aromatic nitrogens is 3. The van der Waals surface area contributed by atoms with Crippen molar-refractivity contribution in [1.82, 2.24) is 19.7 Å². The lowest BCUT2D eigenvalue weighted by atomic mass is 9.95. The molecule has 1 aromatic heterocycles.